The average molecular weight is 296 g/mol. The van der Waals surface area contributed by atoms with Crippen LogP contribution in [-0.2, 0) is 9.59 Å². The summed E-state index contributed by atoms with van der Waals surface area (Å²) in [5, 5.41) is 13.3. The highest BCUT2D eigenvalue weighted by atomic mass is 16.3. The fraction of sp³-hybridized carbons (Fsp3) is 0.875. The van der Waals surface area contributed by atoms with E-state index in [1.54, 1.807) is 4.90 Å². The molecule has 0 aromatic rings. The lowest BCUT2D eigenvalue weighted by atomic mass is 9.94. The first-order chi connectivity index (χ1) is 10.1. The van der Waals surface area contributed by atoms with E-state index in [1.807, 2.05) is 0 Å². The monoisotopic (exact) mass is 296 g/mol. The van der Waals surface area contributed by atoms with Crippen LogP contribution in [0, 0.1) is 0 Å². The fourth-order valence-corrected chi connectivity index (χ4v) is 3.26. The maximum atomic E-state index is 12.0. The first-order valence-corrected chi connectivity index (χ1v) is 8.36. The van der Waals surface area contributed by atoms with Gasteiger partial charge in [-0.15, -0.1) is 0 Å². The van der Waals surface area contributed by atoms with Crippen molar-refractivity contribution in [2.24, 2.45) is 0 Å². The molecule has 2 amide bonds. The minimum absolute atomic E-state index is 0.0795. The fourth-order valence-electron chi connectivity index (χ4n) is 3.26. The van der Waals surface area contributed by atoms with Gasteiger partial charge in [0.2, 0.25) is 11.8 Å². The molecule has 0 spiro atoms. The maximum absolute atomic E-state index is 12.0. The van der Waals surface area contributed by atoms with Crippen molar-refractivity contribution in [3.05, 3.63) is 0 Å². The van der Waals surface area contributed by atoms with Crippen LogP contribution in [0.4, 0.5) is 0 Å². The average Bonchev–Trinajstić information content (AvgIpc) is 2.79. The van der Waals surface area contributed by atoms with Gasteiger partial charge in [-0.2, -0.15) is 0 Å². The summed E-state index contributed by atoms with van der Waals surface area (Å²) in [6, 6.07) is 0. The lowest BCUT2D eigenvalue weighted by Crippen LogP contribution is -2.46. The van der Waals surface area contributed by atoms with Gasteiger partial charge in [-0.1, -0.05) is 32.1 Å². The predicted molar refractivity (Wildman–Crippen MR) is 80.7 cm³/mol. The van der Waals surface area contributed by atoms with Gasteiger partial charge in [-0.25, -0.2) is 0 Å². The molecule has 0 bridgehead atoms. The van der Waals surface area contributed by atoms with E-state index in [9.17, 15) is 14.7 Å². The van der Waals surface area contributed by atoms with E-state index in [4.69, 9.17) is 0 Å². The van der Waals surface area contributed by atoms with Crippen molar-refractivity contribution in [2.45, 2.75) is 69.8 Å². The standard InChI is InChI=1S/C16H28N2O3/c19-14(12-18-11-7-3-4-8-15(18)20)17-13-16(21)9-5-1-2-6-10-16/h21H,1-13H2,(H,17,19). The third kappa shape index (κ3) is 5.30. The number of hydrogen-bond donors (Lipinski definition) is 2. The van der Waals surface area contributed by atoms with E-state index in [0.29, 0.717) is 19.5 Å². The number of aliphatic hydroxyl groups is 1. The Morgan fingerprint density at radius 2 is 1.76 bits per heavy atom. The van der Waals surface area contributed by atoms with Gasteiger partial charge in [0.15, 0.2) is 0 Å². The van der Waals surface area contributed by atoms with Gasteiger partial charge in [-0.3, -0.25) is 9.59 Å². The molecular formula is C16H28N2O3. The lowest BCUT2D eigenvalue weighted by molar-refractivity contribution is -0.136. The molecule has 0 radical (unpaired) electrons. The molecule has 2 N–H and O–H groups in total. The normalized spacial score (nSPS) is 23.3. The lowest BCUT2D eigenvalue weighted by Gasteiger charge is -2.27. The zero-order valence-electron chi connectivity index (χ0n) is 12.9. The summed E-state index contributed by atoms with van der Waals surface area (Å²) in [6.45, 7) is 1.12. The Bertz CT molecular complexity index is 363. The first-order valence-electron chi connectivity index (χ1n) is 8.36. The Morgan fingerprint density at radius 3 is 2.48 bits per heavy atom. The van der Waals surface area contributed by atoms with E-state index >= 15 is 0 Å². The number of carbonyl (C=O) groups excluding carboxylic acids is 2. The molecule has 1 aliphatic carbocycles. The number of nitrogens with one attached hydrogen (secondary N) is 1. The highest BCUT2D eigenvalue weighted by Gasteiger charge is 2.28. The quantitative estimate of drug-likeness (QED) is 0.774. The summed E-state index contributed by atoms with van der Waals surface area (Å²) in [5.41, 5.74) is -0.755. The topological polar surface area (TPSA) is 69.6 Å². The number of carbonyl (C=O) groups is 2. The van der Waals surface area contributed by atoms with Crippen LogP contribution >= 0.6 is 0 Å². The molecule has 0 aromatic heterocycles. The minimum atomic E-state index is -0.755. The minimum Gasteiger partial charge on any atom is -0.388 e. The van der Waals surface area contributed by atoms with Gasteiger partial charge >= 0.3 is 0 Å². The van der Waals surface area contributed by atoms with Crippen molar-refractivity contribution < 1.29 is 14.7 Å². The second kappa shape index (κ2) is 7.78. The van der Waals surface area contributed by atoms with Gasteiger partial charge in [-0.05, 0) is 25.7 Å². The Hall–Kier alpha value is -1.10. The molecule has 1 heterocycles. The molecule has 1 saturated carbocycles. The number of hydrogen-bond acceptors (Lipinski definition) is 3. The number of nitrogens with zero attached hydrogens (tertiary/aromatic N) is 1. The van der Waals surface area contributed by atoms with Gasteiger partial charge < -0.3 is 15.3 Å². The zero-order chi connectivity index (χ0) is 15.1. The zero-order valence-corrected chi connectivity index (χ0v) is 12.9. The molecule has 2 aliphatic rings. The molecule has 21 heavy (non-hydrogen) atoms. The van der Waals surface area contributed by atoms with Crippen molar-refractivity contribution in [3.63, 3.8) is 0 Å². The molecule has 5 nitrogen and oxygen atoms in total. The molecule has 2 rings (SSSR count). The van der Waals surface area contributed by atoms with E-state index in [-0.39, 0.29) is 18.4 Å². The molecular weight excluding hydrogens is 268 g/mol. The number of rotatable bonds is 4. The van der Waals surface area contributed by atoms with Crippen LogP contribution in [0.3, 0.4) is 0 Å². The van der Waals surface area contributed by atoms with E-state index < -0.39 is 5.60 Å². The molecule has 5 heteroatoms. The SMILES string of the molecule is O=C(CN1CCCCCC1=O)NCC1(O)CCCCCC1. The van der Waals surface area contributed by atoms with Crippen LogP contribution in [0.15, 0.2) is 0 Å². The van der Waals surface area contributed by atoms with Crippen LogP contribution < -0.4 is 5.32 Å². The van der Waals surface area contributed by atoms with Gasteiger partial charge in [0.1, 0.15) is 0 Å². The Labute approximate surface area is 127 Å². The number of amides is 2. The summed E-state index contributed by atoms with van der Waals surface area (Å²) >= 11 is 0. The van der Waals surface area contributed by atoms with Crippen molar-refractivity contribution in [1.29, 1.82) is 0 Å². The smallest absolute Gasteiger partial charge is 0.239 e. The summed E-state index contributed by atoms with van der Waals surface area (Å²) in [4.78, 5) is 25.5. The molecule has 0 unspecified atom stereocenters. The van der Waals surface area contributed by atoms with E-state index in [0.717, 1.165) is 44.9 Å². The molecule has 1 aliphatic heterocycles. The molecule has 0 aromatic carbocycles. The summed E-state index contributed by atoms with van der Waals surface area (Å²) in [6.07, 6.45) is 9.41. The predicted octanol–water partition coefficient (Wildman–Crippen LogP) is 1.59. The van der Waals surface area contributed by atoms with Crippen molar-refractivity contribution in [3.8, 4) is 0 Å². The van der Waals surface area contributed by atoms with Crippen LogP contribution in [0.1, 0.15) is 64.2 Å². The third-order valence-corrected chi connectivity index (χ3v) is 4.65. The van der Waals surface area contributed by atoms with Crippen LogP contribution in [-0.4, -0.2) is 47.1 Å². The van der Waals surface area contributed by atoms with E-state index in [2.05, 4.69) is 5.32 Å². The highest BCUT2D eigenvalue weighted by molar-refractivity contribution is 5.84. The first kappa shape index (κ1) is 16.3. The second-order valence-electron chi connectivity index (χ2n) is 6.54. The molecule has 120 valence electrons. The largest absolute Gasteiger partial charge is 0.388 e. The van der Waals surface area contributed by atoms with Crippen LogP contribution in [0.2, 0.25) is 0 Å². The highest BCUT2D eigenvalue weighted by Crippen LogP contribution is 2.26. The summed E-state index contributed by atoms with van der Waals surface area (Å²) < 4.78 is 0. The Kier molecular flexibility index (Phi) is 6.03. The molecule has 0 atom stereocenters. The van der Waals surface area contributed by atoms with Crippen molar-refractivity contribution >= 4 is 11.8 Å². The van der Waals surface area contributed by atoms with Crippen LogP contribution in [0.25, 0.3) is 0 Å². The van der Waals surface area contributed by atoms with Gasteiger partial charge in [0, 0.05) is 19.5 Å². The number of likely N-dealkylation sites (tertiary alicyclic amines) is 1. The Morgan fingerprint density at radius 1 is 1.10 bits per heavy atom. The summed E-state index contributed by atoms with van der Waals surface area (Å²) in [7, 11) is 0. The van der Waals surface area contributed by atoms with Gasteiger partial charge in [0.05, 0.1) is 12.1 Å². The molecule has 1 saturated heterocycles. The van der Waals surface area contributed by atoms with E-state index in [1.165, 1.54) is 12.8 Å². The second-order valence-corrected chi connectivity index (χ2v) is 6.54. The molecule has 2 fully saturated rings. The summed E-state index contributed by atoms with van der Waals surface area (Å²) in [5.74, 6) is -0.0706. The maximum Gasteiger partial charge on any atom is 0.239 e. The van der Waals surface area contributed by atoms with Gasteiger partial charge in [0.25, 0.3) is 0 Å². The third-order valence-electron chi connectivity index (χ3n) is 4.65. The van der Waals surface area contributed by atoms with Crippen molar-refractivity contribution in [2.75, 3.05) is 19.6 Å². The Balaban J connectivity index is 1.77. The van der Waals surface area contributed by atoms with Crippen LogP contribution in [0.5, 0.6) is 0 Å². The van der Waals surface area contributed by atoms with Crippen molar-refractivity contribution in [1.82, 2.24) is 10.2 Å².